The van der Waals surface area contributed by atoms with Crippen molar-refractivity contribution in [1.82, 2.24) is 5.32 Å². The van der Waals surface area contributed by atoms with E-state index in [0.29, 0.717) is 42.9 Å². The topological polar surface area (TPSA) is 117 Å². The number of ether oxygens (including phenoxy) is 1. The van der Waals surface area contributed by atoms with Crippen molar-refractivity contribution in [3.05, 3.63) is 23.8 Å². The fraction of sp³-hybridized carbons (Fsp3) is 0.781. The molecule has 222 valence electrons. The standard InChI is InChI=1S/C32H48N2O6/c1-29(2)18-20(11-15-39-29)26(17-28(36)37)33-27(35)19-40-34-22-8-12-30(3)21(16-22)6-7-23-24(30)9-13-31(4)25(23)10-14-32(31,5)38/h8,12,16,20,23-26,38H,6-7,9-11,13-15,17-19H2,1-5H3,(H,33,35)(H,36,37)/b34-22-/t20-,23-,24+,25+,26+,30+,31+,32+/m1/s1. The second-order valence-electron chi connectivity index (χ2n) is 14.4. The van der Waals surface area contributed by atoms with E-state index >= 15 is 0 Å². The molecule has 1 saturated heterocycles. The van der Waals surface area contributed by atoms with Crippen molar-refractivity contribution in [2.45, 2.75) is 110 Å². The molecule has 0 radical (unpaired) electrons. The number of aliphatic hydroxyl groups is 1. The Balaban J connectivity index is 1.19. The molecule has 5 rings (SSSR count). The fourth-order valence-electron chi connectivity index (χ4n) is 9.07. The van der Waals surface area contributed by atoms with Crippen molar-refractivity contribution in [1.29, 1.82) is 0 Å². The number of nitrogens with zero attached hydrogens (tertiary/aromatic N) is 1. The van der Waals surface area contributed by atoms with E-state index in [1.54, 1.807) is 0 Å². The molecule has 1 heterocycles. The zero-order valence-electron chi connectivity index (χ0n) is 24.9. The van der Waals surface area contributed by atoms with Gasteiger partial charge >= 0.3 is 5.97 Å². The van der Waals surface area contributed by atoms with Crippen molar-refractivity contribution in [3.8, 4) is 0 Å². The molecule has 4 fully saturated rings. The van der Waals surface area contributed by atoms with Crippen LogP contribution in [-0.4, -0.2) is 58.3 Å². The van der Waals surface area contributed by atoms with Gasteiger partial charge in [0.2, 0.25) is 0 Å². The van der Waals surface area contributed by atoms with Crippen LogP contribution >= 0.6 is 0 Å². The van der Waals surface area contributed by atoms with Crippen LogP contribution in [-0.2, 0) is 19.2 Å². The number of hydrogen-bond donors (Lipinski definition) is 3. The highest BCUT2D eigenvalue weighted by molar-refractivity contribution is 6.05. The van der Waals surface area contributed by atoms with Crippen LogP contribution in [0, 0.1) is 34.5 Å². The minimum Gasteiger partial charge on any atom is -0.481 e. The Labute approximate surface area is 238 Å². The van der Waals surface area contributed by atoms with Gasteiger partial charge in [0.1, 0.15) is 5.71 Å². The number of amides is 1. The lowest BCUT2D eigenvalue weighted by molar-refractivity contribution is -0.139. The fourth-order valence-corrected chi connectivity index (χ4v) is 9.07. The van der Waals surface area contributed by atoms with Crippen molar-refractivity contribution >= 4 is 17.6 Å². The van der Waals surface area contributed by atoms with Crippen LogP contribution in [0.15, 0.2) is 29.0 Å². The number of carbonyl (C=O) groups excluding carboxylic acids is 1. The molecular weight excluding hydrogens is 508 g/mol. The third kappa shape index (κ3) is 5.38. The molecule has 0 spiro atoms. The lowest BCUT2D eigenvalue weighted by Crippen LogP contribution is -2.53. The summed E-state index contributed by atoms with van der Waals surface area (Å²) in [5.74, 6) is 0.483. The number of carboxylic acid groups (broad SMARTS) is 1. The first-order valence-corrected chi connectivity index (χ1v) is 15.2. The molecule has 0 unspecified atom stereocenters. The Morgan fingerprint density at radius 1 is 1.12 bits per heavy atom. The summed E-state index contributed by atoms with van der Waals surface area (Å²) < 4.78 is 5.77. The summed E-state index contributed by atoms with van der Waals surface area (Å²) in [7, 11) is 0. The van der Waals surface area contributed by atoms with Gasteiger partial charge < -0.3 is 25.1 Å². The summed E-state index contributed by atoms with van der Waals surface area (Å²) in [6.45, 7) is 11.0. The predicted octanol–water partition coefficient (Wildman–Crippen LogP) is 5.01. The summed E-state index contributed by atoms with van der Waals surface area (Å²) in [6.07, 6.45) is 14.0. The molecule has 0 bridgehead atoms. The predicted molar refractivity (Wildman–Crippen MR) is 153 cm³/mol. The summed E-state index contributed by atoms with van der Waals surface area (Å²) >= 11 is 0. The second kappa shape index (κ2) is 10.6. The summed E-state index contributed by atoms with van der Waals surface area (Å²) in [5.41, 5.74) is 1.17. The molecule has 1 aliphatic heterocycles. The van der Waals surface area contributed by atoms with Crippen molar-refractivity contribution in [2.75, 3.05) is 13.2 Å². The largest absolute Gasteiger partial charge is 0.481 e. The molecule has 0 aromatic carbocycles. The lowest BCUT2D eigenvalue weighted by Gasteiger charge is -2.58. The van der Waals surface area contributed by atoms with Crippen LogP contribution in [0.4, 0.5) is 0 Å². The number of fused-ring (bicyclic) bond motifs is 5. The number of carbonyl (C=O) groups is 2. The maximum absolute atomic E-state index is 12.7. The summed E-state index contributed by atoms with van der Waals surface area (Å²) in [4.78, 5) is 29.6. The van der Waals surface area contributed by atoms with Gasteiger partial charge in [0.05, 0.1) is 17.6 Å². The molecule has 3 saturated carbocycles. The van der Waals surface area contributed by atoms with Crippen LogP contribution in [0.25, 0.3) is 0 Å². The first-order chi connectivity index (χ1) is 18.7. The smallest absolute Gasteiger partial charge is 0.305 e. The van der Waals surface area contributed by atoms with E-state index in [2.05, 4.69) is 36.5 Å². The normalized spacial score (nSPS) is 41.8. The highest BCUT2D eigenvalue weighted by Crippen LogP contribution is 2.66. The van der Waals surface area contributed by atoms with Gasteiger partial charge in [0.25, 0.3) is 5.91 Å². The van der Waals surface area contributed by atoms with Gasteiger partial charge in [-0.2, -0.15) is 0 Å². The van der Waals surface area contributed by atoms with Gasteiger partial charge in [-0.05, 0) is 113 Å². The average Bonchev–Trinajstić information content (AvgIpc) is 3.11. The van der Waals surface area contributed by atoms with Crippen LogP contribution in [0.3, 0.4) is 0 Å². The monoisotopic (exact) mass is 556 g/mol. The van der Waals surface area contributed by atoms with Gasteiger partial charge in [-0.1, -0.05) is 30.7 Å². The van der Waals surface area contributed by atoms with E-state index in [1.807, 2.05) is 26.8 Å². The van der Waals surface area contributed by atoms with Gasteiger partial charge in [-0.3, -0.25) is 9.59 Å². The molecule has 8 heteroatoms. The summed E-state index contributed by atoms with van der Waals surface area (Å²) in [5, 5.41) is 27.7. The average molecular weight is 557 g/mol. The van der Waals surface area contributed by atoms with Crippen LogP contribution in [0.1, 0.15) is 92.4 Å². The molecule has 0 aromatic rings. The van der Waals surface area contributed by atoms with E-state index < -0.39 is 17.6 Å². The maximum Gasteiger partial charge on any atom is 0.305 e. The zero-order valence-corrected chi connectivity index (χ0v) is 24.9. The van der Waals surface area contributed by atoms with Crippen LogP contribution < -0.4 is 5.32 Å². The van der Waals surface area contributed by atoms with Gasteiger partial charge in [0.15, 0.2) is 6.61 Å². The van der Waals surface area contributed by atoms with Crippen LogP contribution in [0.5, 0.6) is 0 Å². The van der Waals surface area contributed by atoms with E-state index in [9.17, 15) is 19.8 Å². The lowest BCUT2D eigenvalue weighted by atomic mass is 9.47. The van der Waals surface area contributed by atoms with Crippen molar-refractivity contribution in [3.63, 3.8) is 0 Å². The Morgan fingerprint density at radius 3 is 2.60 bits per heavy atom. The highest BCUT2D eigenvalue weighted by atomic mass is 16.6. The number of nitrogens with one attached hydrogen (secondary N) is 1. The molecule has 8 atom stereocenters. The van der Waals surface area contributed by atoms with E-state index in [1.165, 1.54) is 5.57 Å². The number of allylic oxidation sites excluding steroid dienone is 4. The molecular formula is C32H48N2O6. The van der Waals surface area contributed by atoms with E-state index in [4.69, 9.17) is 9.57 Å². The number of aliphatic carboxylic acids is 1. The zero-order chi connectivity index (χ0) is 28.9. The Bertz CT molecular complexity index is 1110. The number of oxime groups is 1. The van der Waals surface area contributed by atoms with Crippen molar-refractivity contribution < 1.29 is 29.4 Å². The quantitative estimate of drug-likeness (QED) is 0.380. The second-order valence-corrected chi connectivity index (χ2v) is 14.4. The van der Waals surface area contributed by atoms with E-state index in [0.717, 1.165) is 38.5 Å². The van der Waals surface area contributed by atoms with Crippen molar-refractivity contribution in [2.24, 2.45) is 39.7 Å². The third-order valence-electron chi connectivity index (χ3n) is 11.5. The van der Waals surface area contributed by atoms with E-state index in [-0.39, 0.29) is 41.3 Å². The van der Waals surface area contributed by atoms with Crippen LogP contribution in [0.2, 0.25) is 0 Å². The molecule has 8 nitrogen and oxygen atoms in total. The number of carboxylic acids is 1. The molecule has 1 amide bonds. The Morgan fingerprint density at radius 2 is 1.88 bits per heavy atom. The minimum absolute atomic E-state index is 0.00952. The SMILES string of the molecule is CC1(C)C[C@H]([C@H](CC(=O)O)NC(=O)CO/N=C2/C=C[C@@]3(C)C(=C2)CC[C@@H]2[C@@H]3CC[C@@]3(C)[C@H]2CC[C@]3(C)O)CCO1. The third-order valence-corrected chi connectivity index (χ3v) is 11.5. The van der Waals surface area contributed by atoms with Gasteiger partial charge in [-0.15, -0.1) is 0 Å². The van der Waals surface area contributed by atoms with Gasteiger partial charge in [-0.25, -0.2) is 0 Å². The maximum atomic E-state index is 12.7. The minimum atomic E-state index is -0.937. The Hall–Kier alpha value is -2.19. The molecule has 0 aromatic heterocycles. The molecule has 3 N–H and O–H groups in total. The first-order valence-electron chi connectivity index (χ1n) is 15.2. The highest BCUT2D eigenvalue weighted by Gasteiger charge is 2.62. The number of hydrogen-bond acceptors (Lipinski definition) is 6. The molecule has 4 aliphatic carbocycles. The molecule has 40 heavy (non-hydrogen) atoms. The van der Waals surface area contributed by atoms with Gasteiger partial charge in [0, 0.05) is 18.1 Å². The Kier molecular flexibility index (Phi) is 7.75. The first kappa shape index (κ1) is 29.3. The number of rotatable bonds is 7. The molecule has 5 aliphatic rings. The summed E-state index contributed by atoms with van der Waals surface area (Å²) in [6, 6.07) is -0.474.